The normalized spacial score (nSPS) is 27.3. The third-order valence-corrected chi connectivity index (χ3v) is 7.37. The van der Waals surface area contributed by atoms with Crippen LogP contribution in [0.25, 0.3) is 0 Å². The van der Waals surface area contributed by atoms with Gasteiger partial charge in [0.2, 0.25) is 17.7 Å². The van der Waals surface area contributed by atoms with Crippen molar-refractivity contribution in [2.45, 2.75) is 43.1 Å². The molecule has 1 N–H and O–H groups in total. The van der Waals surface area contributed by atoms with Crippen molar-refractivity contribution >= 4 is 17.7 Å². The highest BCUT2D eigenvalue weighted by Gasteiger charge is 2.51. The van der Waals surface area contributed by atoms with Crippen LogP contribution in [0.3, 0.4) is 0 Å². The third-order valence-electron chi connectivity index (χ3n) is 7.37. The monoisotopic (exact) mass is 449 g/mol. The zero-order valence-electron chi connectivity index (χ0n) is 18.5. The van der Waals surface area contributed by atoms with E-state index in [0.717, 1.165) is 24.0 Å². The van der Waals surface area contributed by atoms with E-state index < -0.39 is 5.54 Å². The number of hydrogen-bond acceptors (Lipinski definition) is 3. The first kappa shape index (κ1) is 21.6. The zero-order chi connectivity index (χ0) is 23.0. The van der Waals surface area contributed by atoms with Gasteiger partial charge in [0.1, 0.15) is 5.82 Å². The number of carbonyl (C=O) groups is 3. The summed E-state index contributed by atoms with van der Waals surface area (Å²) in [5, 5.41) is 3.14. The Bertz CT molecular complexity index is 1080. The van der Waals surface area contributed by atoms with Crippen LogP contribution in [-0.4, -0.2) is 59.2 Å². The Morgan fingerprint density at radius 2 is 1.85 bits per heavy atom. The molecule has 6 nitrogen and oxygen atoms in total. The number of amides is 3. The predicted octanol–water partition coefficient (Wildman–Crippen LogP) is 2.81. The first-order chi connectivity index (χ1) is 15.9. The van der Waals surface area contributed by atoms with Crippen molar-refractivity contribution in [3.8, 4) is 0 Å². The molecule has 3 aliphatic heterocycles. The molecule has 3 fully saturated rings. The summed E-state index contributed by atoms with van der Waals surface area (Å²) in [6, 6.07) is 16.3. The number of nitrogens with zero attached hydrogens (tertiary/aromatic N) is 2. The Morgan fingerprint density at radius 1 is 1.06 bits per heavy atom. The van der Waals surface area contributed by atoms with Gasteiger partial charge in [-0.1, -0.05) is 42.5 Å². The molecule has 3 atom stereocenters. The second kappa shape index (κ2) is 8.61. The fourth-order valence-electron chi connectivity index (χ4n) is 5.73. The van der Waals surface area contributed by atoms with Gasteiger partial charge in [-0.2, -0.15) is 0 Å². The SMILES string of the molecule is O=C1CCC[C@]2(CN(C(=O)CN3CC(c4ccccc4)CC3=O)C[C@H]2c2cccc(F)c2)N1. The lowest BCUT2D eigenvalue weighted by atomic mass is 9.76. The summed E-state index contributed by atoms with van der Waals surface area (Å²) in [5.74, 6) is -0.600. The molecule has 5 rings (SSSR count). The van der Waals surface area contributed by atoms with Crippen LogP contribution in [0.5, 0.6) is 0 Å². The van der Waals surface area contributed by atoms with Gasteiger partial charge in [-0.3, -0.25) is 14.4 Å². The van der Waals surface area contributed by atoms with Gasteiger partial charge in [-0.05, 0) is 36.1 Å². The lowest BCUT2D eigenvalue weighted by Gasteiger charge is -2.39. The number of benzene rings is 2. The van der Waals surface area contributed by atoms with Crippen LogP contribution in [0.4, 0.5) is 4.39 Å². The van der Waals surface area contributed by atoms with E-state index >= 15 is 0 Å². The molecule has 0 aromatic heterocycles. The first-order valence-electron chi connectivity index (χ1n) is 11.6. The molecule has 1 spiro atoms. The lowest BCUT2D eigenvalue weighted by Crippen LogP contribution is -2.56. The second-order valence-electron chi connectivity index (χ2n) is 9.53. The van der Waals surface area contributed by atoms with Crippen molar-refractivity contribution in [1.82, 2.24) is 15.1 Å². The topological polar surface area (TPSA) is 69.7 Å². The number of carbonyl (C=O) groups excluding carboxylic acids is 3. The van der Waals surface area contributed by atoms with Crippen LogP contribution in [0.1, 0.15) is 48.6 Å². The largest absolute Gasteiger partial charge is 0.348 e. The Balaban J connectivity index is 1.32. The lowest BCUT2D eigenvalue weighted by molar-refractivity contribution is -0.138. The average molecular weight is 450 g/mol. The Morgan fingerprint density at radius 3 is 2.61 bits per heavy atom. The predicted molar refractivity (Wildman–Crippen MR) is 121 cm³/mol. The summed E-state index contributed by atoms with van der Waals surface area (Å²) >= 11 is 0. The van der Waals surface area contributed by atoms with E-state index in [1.807, 2.05) is 36.4 Å². The van der Waals surface area contributed by atoms with Gasteiger partial charge in [-0.25, -0.2) is 4.39 Å². The molecule has 3 amide bonds. The van der Waals surface area contributed by atoms with Crippen molar-refractivity contribution in [2.75, 3.05) is 26.2 Å². The van der Waals surface area contributed by atoms with E-state index in [-0.39, 0.29) is 41.9 Å². The van der Waals surface area contributed by atoms with Gasteiger partial charge < -0.3 is 15.1 Å². The Kier molecular flexibility index (Phi) is 5.64. The minimum Gasteiger partial charge on any atom is -0.348 e. The molecule has 0 bridgehead atoms. The zero-order valence-corrected chi connectivity index (χ0v) is 18.5. The summed E-state index contributed by atoms with van der Waals surface area (Å²) in [6.45, 7) is 1.33. The molecule has 33 heavy (non-hydrogen) atoms. The fraction of sp³-hybridized carbons (Fsp3) is 0.423. The first-order valence-corrected chi connectivity index (χ1v) is 11.6. The number of likely N-dealkylation sites (tertiary alicyclic amines) is 2. The molecule has 7 heteroatoms. The van der Waals surface area contributed by atoms with Gasteiger partial charge in [0.15, 0.2) is 0 Å². The number of piperidine rings is 1. The molecule has 2 aromatic rings. The summed E-state index contributed by atoms with van der Waals surface area (Å²) in [5.41, 5.74) is 1.30. The highest BCUT2D eigenvalue weighted by atomic mass is 19.1. The van der Waals surface area contributed by atoms with Crippen LogP contribution in [0, 0.1) is 5.82 Å². The standard InChI is InChI=1S/C26H28FN3O3/c27-21-9-4-8-19(12-21)22-15-30(17-26(22)11-5-10-23(31)28-26)25(33)16-29-14-20(13-24(29)32)18-6-2-1-3-7-18/h1-4,6-9,12,20,22H,5,10-11,13-17H2,(H,28,31)/t20?,22-,26+/m0/s1. The fourth-order valence-corrected chi connectivity index (χ4v) is 5.73. The average Bonchev–Trinajstić information content (AvgIpc) is 3.35. The highest BCUT2D eigenvalue weighted by Crippen LogP contribution is 2.41. The summed E-state index contributed by atoms with van der Waals surface area (Å²) in [4.78, 5) is 41.6. The number of nitrogens with one attached hydrogen (secondary N) is 1. The van der Waals surface area contributed by atoms with Crippen LogP contribution in [-0.2, 0) is 14.4 Å². The minimum absolute atomic E-state index is 0.0150. The number of hydrogen-bond donors (Lipinski definition) is 1. The van der Waals surface area contributed by atoms with E-state index in [0.29, 0.717) is 32.5 Å². The Labute approximate surface area is 192 Å². The summed E-state index contributed by atoms with van der Waals surface area (Å²) in [7, 11) is 0. The van der Waals surface area contributed by atoms with Gasteiger partial charge in [0.25, 0.3) is 0 Å². The molecule has 0 aliphatic carbocycles. The molecular weight excluding hydrogens is 421 g/mol. The number of halogens is 1. The van der Waals surface area contributed by atoms with Gasteiger partial charge >= 0.3 is 0 Å². The molecule has 0 saturated carbocycles. The molecule has 3 aliphatic rings. The van der Waals surface area contributed by atoms with Crippen molar-refractivity contribution in [3.63, 3.8) is 0 Å². The smallest absolute Gasteiger partial charge is 0.242 e. The van der Waals surface area contributed by atoms with Crippen LogP contribution >= 0.6 is 0 Å². The maximum absolute atomic E-state index is 14.0. The molecule has 3 saturated heterocycles. The maximum atomic E-state index is 14.0. The number of rotatable bonds is 4. The highest BCUT2D eigenvalue weighted by molar-refractivity contribution is 5.87. The second-order valence-corrected chi connectivity index (χ2v) is 9.53. The molecule has 172 valence electrons. The third kappa shape index (κ3) is 4.24. The van der Waals surface area contributed by atoms with E-state index in [9.17, 15) is 18.8 Å². The van der Waals surface area contributed by atoms with E-state index in [1.165, 1.54) is 12.1 Å². The summed E-state index contributed by atoms with van der Waals surface area (Å²) < 4.78 is 14.0. The molecule has 1 unspecified atom stereocenters. The van der Waals surface area contributed by atoms with E-state index in [1.54, 1.807) is 15.9 Å². The van der Waals surface area contributed by atoms with Gasteiger partial charge in [-0.15, -0.1) is 0 Å². The Hall–Kier alpha value is -3.22. The molecule has 2 aromatic carbocycles. The van der Waals surface area contributed by atoms with Crippen molar-refractivity contribution in [1.29, 1.82) is 0 Å². The molecule has 3 heterocycles. The van der Waals surface area contributed by atoms with E-state index in [4.69, 9.17) is 0 Å². The van der Waals surface area contributed by atoms with Crippen LogP contribution < -0.4 is 5.32 Å². The van der Waals surface area contributed by atoms with Crippen molar-refractivity contribution in [2.24, 2.45) is 0 Å². The molecule has 0 radical (unpaired) electrons. The van der Waals surface area contributed by atoms with Crippen molar-refractivity contribution in [3.05, 3.63) is 71.5 Å². The molecular formula is C26H28FN3O3. The van der Waals surface area contributed by atoms with Crippen LogP contribution in [0.2, 0.25) is 0 Å². The minimum atomic E-state index is -0.597. The maximum Gasteiger partial charge on any atom is 0.242 e. The van der Waals surface area contributed by atoms with Gasteiger partial charge in [0.05, 0.1) is 12.1 Å². The summed E-state index contributed by atoms with van der Waals surface area (Å²) in [6.07, 6.45) is 2.35. The quantitative estimate of drug-likeness (QED) is 0.781. The van der Waals surface area contributed by atoms with E-state index in [2.05, 4.69) is 5.32 Å². The van der Waals surface area contributed by atoms with Crippen LogP contribution in [0.15, 0.2) is 54.6 Å². The van der Waals surface area contributed by atoms with Gasteiger partial charge in [0, 0.05) is 44.3 Å². The van der Waals surface area contributed by atoms with Crippen molar-refractivity contribution < 1.29 is 18.8 Å².